The Kier molecular flexibility index (Phi) is 6.42. The van der Waals surface area contributed by atoms with E-state index in [0.29, 0.717) is 21.9 Å². The standard InChI is InChI=1S/C23H23ClN4O4/c1-23(2,3)32-19(29)12-28-22(30)15-7-6-14(11-25)21(26)20(15)17(27-28)10-13-5-8-18(31-4)16(24)9-13/h5-9H,10,12,26H2,1-4H3. The van der Waals surface area contributed by atoms with E-state index in [4.69, 9.17) is 26.8 Å². The Bertz CT molecular complexity index is 1300. The fourth-order valence-corrected chi connectivity index (χ4v) is 3.61. The van der Waals surface area contributed by atoms with Crippen molar-refractivity contribution in [2.45, 2.75) is 39.3 Å². The van der Waals surface area contributed by atoms with E-state index >= 15 is 0 Å². The number of anilines is 1. The molecule has 1 heterocycles. The van der Waals surface area contributed by atoms with E-state index in [2.05, 4.69) is 5.10 Å². The zero-order chi connectivity index (χ0) is 23.6. The van der Waals surface area contributed by atoms with E-state index in [9.17, 15) is 14.9 Å². The molecule has 2 aromatic carbocycles. The number of nitrogens with zero attached hydrogens (tertiary/aromatic N) is 3. The molecule has 3 aromatic rings. The van der Waals surface area contributed by atoms with Crippen molar-refractivity contribution in [1.82, 2.24) is 9.78 Å². The first-order chi connectivity index (χ1) is 15.0. The highest BCUT2D eigenvalue weighted by Gasteiger charge is 2.21. The van der Waals surface area contributed by atoms with Gasteiger partial charge in [0.05, 0.1) is 34.5 Å². The summed E-state index contributed by atoms with van der Waals surface area (Å²) in [5, 5.41) is 14.8. The minimum atomic E-state index is -0.702. The molecule has 0 atom stereocenters. The lowest BCUT2D eigenvalue weighted by molar-refractivity contribution is -0.155. The summed E-state index contributed by atoms with van der Waals surface area (Å²) in [6, 6.07) is 10.3. The van der Waals surface area contributed by atoms with Crippen molar-refractivity contribution in [3.63, 3.8) is 0 Å². The zero-order valence-corrected chi connectivity index (χ0v) is 19.0. The molecule has 32 heavy (non-hydrogen) atoms. The second-order valence-electron chi connectivity index (χ2n) is 8.20. The molecule has 0 spiro atoms. The number of carbonyl (C=O) groups excluding carboxylic acids is 1. The van der Waals surface area contributed by atoms with Crippen LogP contribution in [0.3, 0.4) is 0 Å². The SMILES string of the molecule is COc1ccc(Cc2nn(CC(=O)OC(C)(C)C)c(=O)c3ccc(C#N)c(N)c23)cc1Cl. The van der Waals surface area contributed by atoms with Gasteiger partial charge in [-0.1, -0.05) is 17.7 Å². The number of aromatic nitrogens is 2. The molecular weight excluding hydrogens is 432 g/mol. The average molecular weight is 455 g/mol. The van der Waals surface area contributed by atoms with E-state index in [-0.39, 0.29) is 29.6 Å². The Morgan fingerprint density at radius 1 is 1.28 bits per heavy atom. The molecule has 0 radical (unpaired) electrons. The Hall–Kier alpha value is -3.57. The summed E-state index contributed by atoms with van der Waals surface area (Å²) in [6.45, 7) is 4.86. The topological polar surface area (TPSA) is 120 Å². The average Bonchev–Trinajstić information content (AvgIpc) is 2.70. The largest absolute Gasteiger partial charge is 0.495 e. The van der Waals surface area contributed by atoms with E-state index in [1.54, 1.807) is 32.9 Å². The van der Waals surface area contributed by atoms with Crippen molar-refractivity contribution in [2.75, 3.05) is 12.8 Å². The zero-order valence-electron chi connectivity index (χ0n) is 18.2. The van der Waals surface area contributed by atoms with Crippen LogP contribution in [0.25, 0.3) is 10.8 Å². The van der Waals surface area contributed by atoms with E-state index < -0.39 is 17.1 Å². The molecule has 0 saturated carbocycles. The number of halogens is 1. The molecule has 0 unspecified atom stereocenters. The molecular formula is C23H23ClN4O4. The molecule has 2 N–H and O–H groups in total. The second kappa shape index (κ2) is 8.89. The van der Waals surface area contributed by atoms with Crippen LogP contribution in [-0.4, -0.2) is 28.5 Å². The van der Waals surface area contributed by atoms with Crippen LogP contribution in [0.15, 0.2) is 35.1 Å². The lowest BCUT2D eigenvalue weighted by atomic mass is 10.0. The van der Waals surface area contributed by atoms with Gasteiger partial charge in [0.25, 0.3) is 5.56 Å². The molecule has 0 bridgehead atoms. The lowest BCUT2D eigenvalue weighted by Crippen LogP contribution is -2.32. The van der Waals surface area contributed by atoms with Crippen LogP contribution < -0.4 is 16.0 Å². The van der Waals surface area contributed by atoms with Gasteiger partial charge in [-0.25, -0.2) is 4.68 Å². The molecule has 8 nitrogen and oxygen atoms in total. The lowest BCUT2D eigenvalue weighted by Gasteiger charge is -2.20. The van der Waals surface area contributed by atoms with Gasteiger partial charge < -0.3 is 15.2 Å². The van der Waals surface area contributed by atoms with Crippen molar-refractivity contribution in [3.8, 4) is 11.8 Å². The number of nitriles is 1. The van der Waals surface area contributed by atoms with Crippen molar-refractivity contribution >= 4 is 34.0 Å². The van der Waals surface area contributed by atoms with Gasteiger partial charge in [0.2, 0.25) is 0 Å². The predicted molar refractivity (Wildman–Crippen MR) is 122 cm³/mol. The fourth-order valence-electron chi connectivity index (χ4n) is 3.33. The maximum atomic E-state index is 13.0. The summed E-state index contributed by atoms with van der Waals surface area (Å²) in [7, 11) is 1.52. The summed E-state index contributed by atoms with van der Waals surface area (Å²) in [6.07, 6.45) is 0.258. The highest BCUT2D eigenvalue weighted by molar-refractivity contribution is 6.32. The number of benzene rings is 2. The summed E-state index contributed by atoms with van der Waals surface area (Å²) in [4.78, 5) is 25.4. The smallest absolute Gasteiger partial charge is 0.328 e. The minimum absolute atomic E-state index is 0.161. The monoisotopic (exact) mass is 454 g/mol. The van der Waals surface area contributed by atoms with Gasteiger partial charge in [-0.05, 0) is 50.6 Å². The van der Waals surface area contributed by atoms with Crippen LogP contribution in [0.4, 0.5) is 5.69 Å². The molecule has 0 amide bonds. The number of methoxy groups -OCH3 is 1. The summed E-state index contributed by atoms with van der Waals surface area (Å²) >= 11 is 6.25. The quantitative estimate of drug-likeness (QED) is 0.463. The summed E-state index contributed by atoms with van der Waals surface area (Å²) in [5.41, 5.74) is 6.62. The van der Waals surface area contributed by atoms with Gasteiger partial charge in [0.1, 0.15) is 24.0 Å². The maximum Gasteiger partial charge on any atom is 0.328 e. The van der Waals surface area contributed by atoms with E-state index in [0.717, 1.165) is 10.2 Å². The number of nitrogens with two attached hydrogens (primary N) is 1. The van der Waals surface area contributed by atoms with Crippen molar-refractivity contribution < 1.29 is 14.3 Å². The van der Waals surface area contributed by atoms with Gasteiger partial charge in [-0.15, -0.1) is 0 Å². The first-order valence-electron chi connectivity index (χ1n) is 9.80. The number of hydrogen-bond donors (Lipinski definition) is 1. The van der Waals surface area contributed by atoms with Gasteiger partial charge in [-0.2, -0.15) is 10.4 Å². The van der Waals surface area contributed by atoms with Crippen molar-refractivity contribution in [2.24, 2.45) is 0 Å². The first-order valence-corrected chi connectivity index (χ1v) is 10.2. The highest BCUT2D eigenvalue weighted by Crippen LogP contribution is 2.29. The van der Waals surface area contributed by atoms with Crippen molar-refractivity contribution in [3.05, 3.63) is 62.5 Å². The summed E-state index contributed by atoms with van der Waals surface area (Å²) < 4.78 is 11.6. The van der Waals surface area contributed by atoms with Crippen LogP contribution in [-0.2, 0) is 22.5 Å². The second-order valence-corrected chi connectivity index (χ2v) is 8.61. The third-order valence-electron chi connectivity index (χ3n) is 4.65. The van der Waals surface area contributed by atoms with Crippen LogP contribution in [0.1, 0.15) is 37.6 Å². The fraction of sp³-hybridized carbons (Fsp3) is 0.304. The number of rotatable bonds is 5. The highest BCUT2D eigenvalue weighted by atomic mass is 35.5. The van der Waals surface area contributed by atoms with Crippen LogP contribution in [0.2, 0.25) is 5.02 Å². The third-order valence-corrected chi connectivity index (χ3v) is 4.94. The van der Waals surface area contributed by atoms with Crippen molar-refractivity contribution in [1.29, 1.82) is 5.26 Å². The maximum absolute atomic E-state index is 13.0. The number of esters is 1. The Labute approximate surface area is 190 Å². The normalized spacial score (nSPS) is 11.2. The molecule has 0 fully saturated rings. The van der Waals surface area contributed by atoms with Crippen LogP contribution in [0, 0.1) is 11.3 Å². The molecule has 3 rings (SSSR count). The molecule has 0 aliphatic carbocycles. The predicted octanol–water partition coefficient (Wildman–Crippen LogP) is 3.44. The third kappa shape index (κ3) is 4.84. The molecule has 0 saturated heterocycles. The van der Waals surface area contributed by atoms with Gasteiger partial charge in [-0.3, -0.25) is 9.59 Å². The van der Waals surface area contributed by atoms with Gasteiger partial charge in [0, 0.05) is 11.8 Å². The van der Waals surface area contributed by atoms with E-state index in [1.165, 1.54) is 19.2 Å². The first kappa shape index (κ1) is 23.1. The molecule has 0 aliphatic rings. The summed E-state index contributed by atoms with van der Waals surface area (Å²) in [5.74, 6) is -0.0686. The number of hydrogen-bond acceptors (Lipinski definition) is 7. The Morgan fingerprint density at radius 3 is 2.59 bits per heavy atom. The Morgan fingerprint density at radius 2 is 2.00 bits per heavy atom. The molecule has 9 heteroatoms. The minimum Gasteiger partial charge on any atom is -0.495 e. The number of fused-ring (bicyclic) bond motifs is 1. The number of nitrogen functional groups attached to an aromatic ring is 1. The van der Waals surface area contributed by atoms with Gasteiger partial charge in [0.15, 0.2) is 0 Å². The number of carbonyl (C=O) groups is 1. The van der Waals surface area contributed by atoms with Crippen LogP contribution >= 0.6 is 11.6 Å². The van der Waals surface area contributed by atoms with E-state index in [1.807, 2.05) is 12.1 Å². The Balaban J connectivity index is 2.16. The van der Waals surface area contributed by atoms with Gasteiger partial charge >= 0.3 is 5.97 Å². The molecule has 166 valence electrons. The number of ether oxygens (including phenoxy) is 2. The molecule has 0 aliphatic heterocycles. The molecule has 1 aromatic heterocycles. The van der Waals surface area contributed by atoms with Crippen LogP contribution in [0.5, 0.6) is 5.75 Å².